The molecule has 3 fully saturated rings. The fourth-order valence-corrected chi connectivity index (χ4v) is 3.80. The van der Waals surface area contributed by atoms with Gasteiger partial charge >= 0.3 is 0 Å². The van der Waals surface area contributed by atoms with Gasteiger partial charge in [-0.05, 0) is 49.8 Å². The van der Waals surface area contributed by atoms with E-state index in [9.17, 15) is 9.59 Å². The summed E-state index contributed by atoms with van der Waals surface area (Å²) in [5.41, 5.74) is 0.599. The predicted octanol–water partition coefficient (Wildman–Crippen LogP) is 2.24. The average Bonchev–Trinajstić information content (AvgIpc) is 3.28. The Morgan fingerprint density at radius 3 is 2.83 bits per heavy atom. The molecule has 0 aromatic heterocycles. The highest BCUT2D eigenvalue weighted by Crippen LogP contribution is 2.34. The first-order chi connectivity index (χ1) is 11.6. The van der Waals surface area contributed by atoms with E-state index in [-0.39, 0.29) is 24.0 Å². The number of nitrogens with zero attached hydrogens (tertiary/aromatic N) is 1. The molecule has 1 aromatic rings. The summed E-state index contributed by atoms with van der Waals surface area (Å²) in [6.45, 7) is 1.25. The molecule has 1 saturated carbocycles. The number of halogens is 1. The predicted molar refractivity (Wildman–Crippen MR) is 89.9 cm³/mol. The Morgan fingerprint density at radius 1 is 1.25 bits per heavy atom. The van der Waals surface area contributed by atoms with Gasteiger partial charge in [-0.2, -0.15) is 0 Å². The molecule has 1 N–H and O–H groups in total. The Labute approximate surface area is 146 Å². The molecule has 6 heteroatoms. The van der Waals surface area contributed by atoms with E-state index in [1.807, 2.05) is 4.90 Å². The van der Waals surface area contributed by atoms with E-state index < -0.39 is 0 Å². The SMILES string of the molecule is O=C(NC1CC1)[C@@H]1C[C@@H]2CCN(C(=O)c3cccc(Cl)c3)C[C@H]2O1. The van der Waals surface area contributed by atoms with Gasteiger partial charge in [0.2, 0.25) is 5.91 Å². The first-order valence-electron chi connectivity index (χ1n) is 8.61. The summed E-state index contributed by atoms with van der Waals surface area (Å²) >= 11 is 5.98. The minimum atomic E-state index is -0.359. The maximum absolute atomic E-state index is 12.6. The minimum Gasteiger partial charge on any atom is -0.363 e. The number of amides is 2. The maximum Gasteiger partial charge on any atom is 0.253 e. The largest absolute Gasteiger partial charge is 0.363 e. The summed E-state index contributed by atoms with van der Waals surface area (Å²) in [6, 6.07) is 7.36. The molecule has 2 heterocycles. The number of likely N-dealkylation sites (tertiary alicyclic amines) is 1. The van der Waals surface area contributed by atoms with Crippen molar-refractivity contribution in [2.75, 3.05) is 13.1 Å². The monoisotopic (exact) mass is 348 g/mol. The Bertz CT molecular complexity index is 661. The van der Waals surface area contributed by atoms with E-state index in [1.165, 1.54) is 0 Å². The Kier molecular flexibility index (Phi) is 4.22. The van der Waals surface area contributed by atoms with Gasteiger partial charge in [-0.1, -0.05) is 17.7 Å². The van der Waals surface area contributed by atoms with Gasteiger partial charge in [0.05, 0.1) is 6.10 Å². The average molecular weight is 349 g/mol. The van der Waals surface area contributed by atoms with Gasteiger partial charge in [-0.25, -0.2) is 0 Å². The summed E-state index contributed by atoms with van der Waals surface area (Å²) in [7, 11) is 0. The lowest BCUT2D eigenvalue weighted by Crippen LogP contribution is -2.45. The van der Waals surface area contributed by atoms with Crippen molar-refractivity contribution >= 4 is 23.4 Å². The highest BCUT2D eigenvalue weighted by atomic mass is 35.5. The van der Waals surface area contributed by atoms with Crippen molar-refractivity contribution in [3.63, 3.8) is 0 Å². The first-order valence-corrected chi connectivity index (χ1v) is 8.98. The molecule has 3 aliphatic rings. The van der Waals surface area contributed by atoms with Crippen LogP contribution in [-0.4, -0.2) is 48.1 Å². The molecule has 3 atom stereocenters. The van der Waals surface area contributed by atoms with Crippen LogP contribution in [0.2, 0.25) is 5.02 Å². The Hall–Kier alpha value is -1.59. The molecule has 2 saturated heterocycles. The molecule has 2 aliphatic heterocycles. The molecule has 2 amide bonds. The molecule has 0 unspecified atom stereocenters. The van der Waals surface area contributed by atoms with Gasteiger partial charge in [-0.15, -0.1) is 0 Å². The number of piperidine rings is 1. The Morgan fingerprint density at radius 2 is 2.08 bits per heavy atom. The van der Waals surface area contributed by atoms with E-state index in [2.05, 4.69) is 5.32 Å². The lowest BCUT2D eigenvalue weighted by atomic mass is 9.91. The van der Waals surface area contributed by atoms with Gasteiger partial charge in [0.25, 0.3) is 5.91 Å². The number of hydrogen-bond acceptors (Lipinski definition) is 3. The van der Waals surface area contributed by atoms with Crippen molar-refractivity contribution < 1.29 is 14.3 Å². The fourth-order valence-electron chi connectivity index (χ4n) is 3.61. The second-order valence-corrected chi connectivity index (χ2v) is 7.43. The first kappa shape index (κ1) is 15.9. The number of fused-ring (bicyclic) bond motifs is 1. The number of rotatable bonds is 3. The van der Waals surface area contributed by atoms with Crippen molar-refractivity contribution in [3.8, 4) is 0 Å². The van der Waals surface area contributed by atoms with E-state index in [1.54, 1.807) is 24.3 Å². The van der Waals surface area contributed by atoms with Crippen LogP contribution in [-0.2, 0) is 9.53 Å². The summed E-state index contributed by atoms with van der Waals surface area (Å²) in [6.07, 6.45) is 3.39. The highest BCUT2D eigenvalue weighted by molar-refractivity contribution is 6.30. The van der Waals surface area contributed by atoms with Crippen LogP contribution in [0.25, 0.3) is 0 Å². The Balaban J connectivity index is 1.38. The maximum atomic E-state index is 12.6. The number of nitrogens with one attached hydrogen (secondary N) is 1. The number of ether oxygens (including phenoxy) is 1. The molecule has 1 aliphatic carbocycles. The summed E-state index contributed by atoms with van der Waals surface area (Å²) in [5.74, 6) is 0.355. The topological polar surface area (TPSA) is 58.6 Å². The zero-order valence-corrected chi connectivity index (χ0v) is 14.2. The van der Waals surface area contributed by atoms with Gasteiger partial charge in [0, 0.05) is 29.7 Å². The van der Waals surface area contributed by atoms with Crippen molar-refractivity contribution in [2.24, 2.45) is 5.92 Å². The standard InChI is InChI=1S/C18H21ClN2O3/c19-13-3-1-2-12(8-13)18(23)21-7-6-11-9-15(24-16(11)10-21)17(22)20-14-4-5-14/h1-3,8,11,14-16H,4-7,9-10H2,(H,20,22)/t11-,15-,16+/m0/s1. The third-order valence-corrected chi connectivity index (χ3v) is 5.36. The van der Waals surface area contributed by atoms with Crippen LogP contribution in [0.15, 0.2) is 24.3 Å². The van der Waals surface area contributed by atoms with E-state index in [0.29, 0.717) is 35.6 Å². The molecule has 0 spiro atoms. The number of hydrogen-bond donors (Lipinski definition) is 1. The molecule has 0 bridgehead atoms. The molecule has 1 aromatic carbocycles. The lowest BCUT2D eigenvalue weighted by molar-refractivity contribution is -0.132. The normalized spacial score (nSPS) is 29.2. The van der Waals surface area contributed by atoms with Crippen LogP contribution < -0.4 is 5.32 Å². The van der Waals surface area contributed by atoms with Crippen LogP contribution in [0.5, 0.6) is 0 Å². The third-order valence-electron chi connectivity index (χ3n) is 5.13. The molecule has 0 radical (unpaired) electrons. The molecule has 5 nitrogen and oxygen atoms in total. The molecular formula is C18H21ClN2O3. The minimum absolute atomic E-state index is 0.0135. The highest BCUT2D eigenvalue weighted by Gasteiger charge is 2.43. The van der Waals surface area contributed by atoms with Crippen LogP contribution >= 0.6 is 11.6 Å². The van der Waals surface area contributed by atoms with Crippen LogP contribution in [0.3, 0.4) is 0 Å². The van der Waals surface area contributed by atoms with Crippen molar-refractivity contribution in [2.45, 2.75) is 43.9 Å². The second-order valence-electron chi connectivity index (χ2n) is 6.99. The van der Waals surface area contributed by atoms with E-state index >= 15 is 0 Å². The third kappa shape index (κ3) is 3.28. The van der Waals surface area contributed by atoms with Crippen molar-refractivity contribution in [3.05, 3.63) is 34.9 Å². The summed E-state index contributed by atoms with van der Waals surface area (Å²) in [5, 5.41) is 3.57. The van der Waals surface area contributed by atoms with Crippen LogP contribution in [0, 0.1) is 5.92 Å². The zero-order valence-electron chi connectivity index (χ0n) is 13.4. The van der Waals surface area contributed by atoms with Gasteiger partial charge in [-0.3, -0.25) is 9.59 Å². The van der Waals surface area contributed by atoms with E-state index in [4.69, 9.17) is 16.3 Å². The molecule has 24 heavy (non-hydrogen) atoms. The number of benzene rings is 1. The number of carbonyl (C=O) groups excluding carboxylic acids is 2. The van der Waals surface area contributed by atoms with Gasteiger partial charge in [0.15, 0.2) is 0 Å². The van der Waals surface area contributed by atoms with Crippen molar-refractivity contribution in [1.82, 2.24) is 10.2 Å². The molecular weight excluding hydrogens is 328 g/mol. The molecule has 128 valence electrons. The van der Waals surface area contributed by atoms with Crippen LogP contribution in [0.1, 0.15) is 36.0 Å². The van der Waals surface area contributed by atoms with Crippen molar-refractivity contribution in [1.29, 1.82) is 0 Å². The quantitative estimate of drug-likeness (QED) is 0.911. The fraction of sp³-hybridized carbons (Fsp3) is 0.556. The second kappa shape index (κ2) is 6.37. The van der Waals surface area contributed by atoms with Gasteiger partial charge in [0.1, 0.15) is 6.10 Å². The summed E-state index contributed by atoms with van der Waals surface area (Å²) in [4.78, 5) is 26.6. The van der Waals surface area contributed by atoms with E-state index in [0.717, 1.165) is 25.7 Å². The van der Waals surface area contributed by atoms with Gasteiger partial charge < -0.3 is 15.0 Å². The van der Waals surface area contributed by atoms with Crippen LogP contribution in [0.4, 0.5) is 0 Å². The number of carbonyl (C=O) groups is 2. The smallest absolute Gasteiger partial charge is 0.253 e. The summed E-state index contributed by atoms with van der Waals surface area (Å²) < 4.78 is 5.96. The molecule has 4 rings (SSSR count). The lowest BCUT2D eigenvalue weighted by Gasteiger charge is -2.34. The zero-order chi connectivity index (χ0) is 16.7.